The van der Waals surface area contributed by atoms with E-state index in [1.165, 1.54) is 27.9 Å². The molecule has 4 aromatic rings. The Kier molecular flexibility index (Phi) is 6.47. The van der Waals surface area contributed by atoms with Crippen LogP contribution in [0.5, 0.6) is 11.5 Å². The van der Waals surface area contributed by atoms with Crippen LogP contribution in [0.2, 0.25) is 0 Å². The average molecular weight is 554 g/mol. The van der Waals surface area contributed by atoms with Crippen LogP contribution in [-0.4, -0.2) is 31.5 Å². The second-order valence-electron chi connectivity index (χ2n) is 9.78. The largest absolute Gasteiger partial charge is 0.503 e. The molecule has 0 fully saturated rings. The molecule has 6 rings (SSSR count). The Bertz CT molecular complexity index is 1380. The summed E-state index contributed by atoms with van der Waals surface area (Å²) < 4.78 is 5.91. The Morgan fingerprint density at radius 1 is 0.865 bits per heavy atom. The highest BCUT2D eigenvalue weighted by atomic mass is 79.9. The number of benzene rings is 4. The van der Waals surface area contributed by atoms with Crippen LogP contribution in [-0.2, 0) is 0 Å². The van der Waals surface area contributed by atoms with Gasteiger partial charge in [-0.25, -0.2) is 0 Å². The first-order valence-electron chi connectivity index (χ1n) is 12.8. The maximum Gasteiger partial charge on any atom is 0.172 e. The summed E-state index contributed by atoms with van der Waals surface area (Å²) in [6.45, 7) is 2.15. The number of aliphatic imine (C=N–C) groups is 1. The molecule has 2 unspecified atom stereocenters. The lowest BCUT2D eigenvalue weighted by atomic mass is 9.76. The molecule has 2 aliphatic rings. The van der Waals surface area contributed by atoms with Gasteiger partial charge in [0.05, 0.1) is 17.3 Å². The number of ether oxygens (including phenoxy) is 1. The van der Waals surface area contributed by atoms with Crippen molar-refractivity contribution in [2.24, 2.45) is 4.99 Å². The molecular formula is C32H29BrN2O2. The number of phenols is 1. The van der Waals surface area contributed by atoms with E-state index in [4.69, 9.17) is 9.73 Å². The van der Waals surface area contributed by atoms with E-state index in [9.17, 15) is 5.11 Å². The highest BCUT2D eigenvalue weighted by Crippen LogP contribution is 2.50. The van der Waals surface area contributed by atoms with Crippen molar-refractivity contribution in [2.45, 2.75) is 24.7 Å². The van der Waals surface area contributed by atoms with Crippen LogP contribution in [0.4, 0.5) is 11.4 Å². The minimum Gasteiger partial charge on any atom is -0.503 e. The molecule has 0 saturated heterocycles. The minimum absolute atomic E-state index is 0.0920. The summed E-state index contributed by atoms with van der Waals surface area (Å²) in [4.78, 5) is 7.53. The Morgan fingerprint density at radius 3 is 1.97 bits per heavy atom. The third kappa shape index (κ3) is 4.53. The molecule has 2 heterocycles. The molecule has 186 valence electrons. The standard InChI is InChI=1S/C32H29BrN2O2/c1-37-30-17-21(16-29(33)32(30)36)20-34-24-18-27-25(22-8-4-2-5-9-22)12-14-35-15-13-26(28(19-24)31(27)35)23-10-6-3-7-11-23/h2-11,16-20,25-26,36H,12-15H2,1H3. The number of nitrogens with zero attached hydrogens (tertiary/aromatic N) is 2. The van der Waals surface area contributed by atoms with Gasteiger partial charge in [0.15, 0.2) is 11.5 Å². The van der Waals surface area contributed by atoms with Gasteiger partial charge in [0.2, 0.25) is 0 Å². The van der Waals surface area contributed by atoms with E-state index in [0.29, 0.717) is 22.1 Å². The number of phenolic OH excluding ortho intramolecular Hbond substituents is 1. The van der Waals surface area contributed by atoms with Crippen LogP contribution in [0.3, 0.4) is 0 Å². The molecule has 0 aromatic heterocycles. The molecule has 0 radical (unpaired) electrons. The predicted octanol–water partition coefficient (Wildman–Crippen LogP) is 7.79. The van der Waals surface area contributed by atoms with E-state index < -0.39 is 0 Å². The van der Waals surface area contributed by atoms with Crippen molar-refractivity contribution in [2.75, 3.05) is 25.1 Å². The van der Waals surface area contributed by atoms with Crippen molar-refractivity contribution in [1.82, 2.24) is 0 Å². The number of anilines is 1. The molecule has 2 atom stereocenters. The molecular weight excluding hydrogens is 524 g/mol. The molecule has 37 heavy (non-hydrogen) atoms. The lowest BCUT2D eigenvalue weighted by Crippen LogP contribution is -2.37. The van der Waals surface area contributed by atoms with Gasteiger partial charge in [-0.2, -0.15) is 0 Å². The van der Waals surface area contributed by atoms with Crippen molar-refractivity contribution in [3.05, 3.63) is 117 Å². The third-order valence-corrected chi connectivity index (χ3v) is 8.24. The Hall–Kier alpha value is -3.57. The predicted molar refractivity (Wildman–Crippen MR) is 154 cm³/mol. The summed E-state index contributed by atoms with van der Waals surface area (Å²) in [5.41, 5.74) is 8.66. The number of rotatable bonds is 5. The third-order valence-electron chi connectivity index (χ3n) is 7.63. The zero-order valence-corrected chi connectivity index (χ0v) is 22.4. The zero-order chi connectivity index (χ0) is 25.4. The van der Waals surface area contributed by atoms with Crippen LogP contribution < -0.4 is 9.64 Å². The number of hydrogen-bond acceptors (Lipinski definition) is 4. The van der Waals surface area contributed by atoms with E-state index in [2.05, 4.69) is 93.6 Å². The van der Waals surface area contributed by atoms with Crippen LogP contribution >= 0.6 is 15.9 Å². The fraction of sp³-hybridized carbons (Fsp3) is 0.219. The molecule has 0 amide bonds. The molecule has 0 aliphatic carbocycles. The normalized spacial score (nSPS) is 18.6. The van der Waals surface area contributed by atoms with Crippen molar-refractivity contribution >= 4 is 33.5 Å². The van der Waals surface area contributed by atoms with Crippen LogP contribution in [0.1, 0.15) is 52.5 Å². The highest BCUT2D eigenvalue weighted by Gasteiger charge is 2.35. The van der Waals surface area contributed by atoms with Crippen molar-refractivity contribution in [3.8, 4) is 11.5 Å². The van der Waals surface area contributed by atoms with E-state index in [-0.39, 0.29) is 5.75 Å². The fourth-order valence-corrected chi connectivity index (χ4v) is 6.35. The van der Waals surface area contributed by atoms with Crippen LogP contribution in [0.25, 0.3) is 0 Å². The molecule has 4 nitrogen and oxygen atoms in total. The van der Waals surface area contributed by atoms with E-state index in [1.54, 1.807) is 13.2 Å². The monoisotopic (exact) mass is 552 g/mol. The smallest absolute Gasteiger partial charge is 0.172 e. The Morgan fingerprint density at radius 2 is 1.43 bits per heavy atom. The molecule has 4 aromatic carbocycles. The first kappa shape index (κ1) is 23.8. The van der Waals surface area contributed by atoms with Crippen LogP contribution in [0.15, 0.2) is 94.4 Å². The van der Waals surface area contributed by atoms with E-state index in [0.717, 1.165) is 37.2 Å². The van der Waals surface area contributed by atoms with Crippen molar-refractivity contribution in [1.29, 1.82) is 0 Å². The van der Waals surface area contributed by atoms with Gasteiger partial charge >= 0.3 is 0 Å². The lowest BCUT2D eigenvalue weighted by Gasteiger charge is -2.43. The Balaban J connectivity index is 1.49. The summed E-state index contributed by atoms with van der Waals surface area (Å²) in [6, 6.07) is 29.9. The van der Waals surface area contributed by atoms with Gasteiger partial charge in [0.1, 0.15) is 0 Å². The van der Waals surface area contributed by atoms with Gasteiger partial charge in [0, 0.05) is 36.8 Å². The van der Waals surface area contributed by atoms with Gasteiger partial charge < -0.3 is 14.7 Å². The molecule has 0 bridgehead atoms. The first-order valence-corrected chi connectivity index (χ1v) is 13.5. The fourth-order valence-electron chi connectivity index (χ4n) is 5.89. The molecule has 5 heteroatoms. The summed E-state index contributed by atoms with van der Waals surface area (Å²) >= 11 is 3.42. The van der Waals surface area contributed by atoms with Gasteiger partial charge in [-0.15, -0.1) is 0 Å². The zero-order valence-electron chi connectivity index (χ0n) is 20.8. The SMILES string of the molecule is COc1cc(C=Nc2cc3c4c(c2)C(c2ccccc2)CCN4CCC3c2ccccc2)cc(Br)c1O. The number of aromatic hydroxyl groups is 1. The van der Waals surface area contributed by atoms with Crippen LogP contribution in [0, 0.1) is 0 Å². The molecule has 1 N–H and O–H groups in total. The van der Waals surface area contributed by atoms with Gasteiger partial charge in [-0.05, 0) is 80.9 Å². The van der Waals surface area contributed by atoms with Gasteiger partial charge in [-0.3, -0.25) is 4.99 Å². The molecule has 2 aliphatic heterocycles. The summed E-state index contributed by atoms with van der Waals surface area (Å²) in [7, 11) is 1.55. The minimum atomic E-state index is 0.0920. The molecule has 0 spiro atoms. The highest BCUT2D eigenvalue weighted by molar-refractivity contribution is 9.10. The number of methoxy groups -OCH3 is 1. The lowest BCUT2D eigenvalue weighted by molar-refractivity contribution is 0.372. The van der Waals surface area contributed by atoms with E-state index in [1.807, 2.05) is 12.3 Å². The maximum absolute atomic E-state index is 10.2. The Labute approximate surface area is 226 Å². The topological polar surface area (TPSA) is 45.1 Å². The van der Waals surface area contributed by atoms with Crippen molar-refractivity contribution < 1.29 is 9.84 Å². The van der Waals surface area contributed by atoms with Gasteiger partial charge in [0.25, 0.3) is 0 Å². The summed E-state index contributed by atoms with van der Waals surface area (Å²) in [5.74, 6) is 1.20. The maximum atomic E-state index is 10.2. The molecule has 0 saturated carbocycles. The van der Waals surface area contributed by atoms with E-state index >= 15 is 0 Å². The van der Waals surface area contributed by atoms with Crippen molar-refractivity contribution in [3.63, 3.8) is 0 Å². The summed E-state index contributed by atoms with van der Waals surface area (Å²) in [6.07, 6.45) is 4.04. The van der Waals surface area contributed by atoms with Gasteiger partial charge in [-0.1, -0.05) is 60.7 Å². The number of halogens is 1. The average Bonchev–Trinajstić information content (AvgIpc) is 2.95. The quantitative estimate of drug-likeness (QED) is 0.257. The number of hydrogen-bond donors (Lipinski definition) is 1. The second-order valence-corrected chi connectivity index (χ2v) is 10.6. The second kappa shape index (κ2) is 10.1. The summed E-state index contributed by atoms with van der Waals surface area (Å²) in [5, 5.41) is 10.2. The first-order chi connectivity index (χ1) is 18.1.